The van der Waals surface area contributed by atoms with Crippen molar-refractivity contribution in [3.05, 3.63) is 78.4 Å². The number of para-hydroxylation sites is 1. The maximum atomic E-state index is 13.0. The topological polar surface area (TPSA) is 146 Å². The van der Waals surface area contributed by atoms with E-state index in [1.807, 2.05) is 18.2 Å². The highest BCUT2D eigenvalue weighted by Gasteiger charge is 2.25. The summed E-state index contributed by atoms with van der Waals surface area (Å²) in [5.74, 6) is -1.73. The van der Waals surface area contributed by atoms with Crippen molar-refractivity contribution in [3.8, 4) is 11.5 Å². The van der Waals surface area contributed by atoms with Crippen LogP contribution >= 0.6 is 0 Å². The summed E-state index contributed by atoms with van der Waals surface area (Å²) in [4.78, 5) is 51.1. The molecule has 1 unspecified atom stereocenters. The Hall–Kier alpha value is -5.06. The molecule has 11 nitrogen and oxygen atoms in total. The Balaban J connectivity index is 1.59. The number of rotatable bonds is 12. The van der Waals surface area contributed by atoms with Crippen LogP contribution in [0.1, 0.15) is 31.4 Å². The number of hydrogen-bond acceptors (Lipinski definition) is 6. The van der Waals surface area contributed by atoms with E-state index in [1.165, 1.54) is 19.1 Å². The number of carbonyl (C=O) groups is 4. The molecule has 41 heavy (non-hydrogen) atoms. The number of aliphatic carboxylic acids is 1. The molecule has 2 atom stereocenters. The second-order valence-corrected chi connectivity index (χ2v) is 9.32. The molecule has 0 bridgehead atoms. The first kappa shape index (κ1) is 30.5. The van der Waals surface area contributed by atoms with Crippen LogP contribution in [0.25, 0.3) is 0 Å². The Bertz CT molecular complexity index is 1360. The number of urea groups is 1. The summed E-state index contributed by atoms with van der Waals surface area (Å²) in [7, 11) is 4.54. The van der Waals surface area contributed by atoms with E-state index in [0.717, 1.165) is 0 Å². The van der Waals surface area contributed by atoms with Crippen molar-refractivity contribution in [1.29, 1.82) is 0 Å². The summed E-state index contributed by atoms with van der Waals surface area (Å²) in [5, 5.41) is 17.6. The highest BCUT2D eigenvalue weighted by Crippen LogP contribution is 2.31. The van der Waals surface area contributed by atoms with Crippen LogP contribution in [0.4, 0.5) is 21.9 Å². The number of carbonyl (C=O) groups excluding carboxylic acids is 3. The Kier molecular flexibility index (Phi) is 10.7. The average molecular weight is 563 g/mol. The zero-order valence-electron chi connectivity index (χ0n) is 23.3. The van der Waals surface area contributed by atoms with Crippen LogP contribution in [0.15, 0.2) is 72.8 Å². The first-order chi connectivity index (χ1) is 19.6. The van der Waals surface area contributed by atoms with E-state index in [4.69, 9.17) is 9.47 Å². The van der Waals surface area contributed by atoms with Gasteiger partial charge in [-0.2, -0.15) is 0 Å². The van der Waals surface area contributed by atoms with Crippen LogP contribution in [-0.2, 0) is 14.4 Å². The molecule has 0 aliphatic carbocycles. The van der Waals surface area contributed by atoms with E-state index in [-0.39, 0.29) is 18.7 Å². The minimum Gasteiger partial charge on any atom is -0.493 e. The van der Waals surface area contributed by atoms with Crippen LogP contribution in [0.5, 0.6) is 11.5 Å². The number of nitrogens with one attached hydrogen (secondary N) is 3. The van der Waals surface area contributed by atoms with Crippen molar-refractivity contribution < 1.29 is 33.8 Å². The van der Waals surface area contributed by atoms with E-state index in [0.29, 0.717) is 34.1 Å². The first-order valence-corrected chi connectivity index (χ1v) is 12.8. The fourth-order valence-corrected chi connectivity index (χ4v) is 4.03. The van der Waals surface area contributed by atoms with Crippen LogP contribution in [-0.4, -0.2) is 50.2 Å². The molecule has 0 heterocycles. The third kappa shape index (κ3) is 8.72. The molecule has 3 aromatic rings. The Morgan fingerprint density at radius 2 is 1.44 bits per heavy atom. The van der Waals surface area contributed by atoms with E-state index >= 15 is 0 Å². The summed E-state index contributed by atoms with van der Waals surface area (Å²) in [6.45, 7) is 1.60. The Labute approximate surface area is 238 Å². The number of ether oxygens (including phenoxy) is 2. The second-order valence-electron chi connectivity index (χ2n) is 9.32. The van der Waals surface area contributed by atoms with Gasteiger partial charge in [0, 0.05) is 36.4 Å². The Morgan fingerprint density at radius 3 is 2.02 bits per heavy atom. The van der Waals surface area contributed by atoms with Crippen molar-refractivity contribution >= 4 is 40.9 Å². The SMILES string of the molecule is COc1ccc([C@H](CC(=O)O)NC(=O)C(C)CC(=O)N(C)c2ccc(NC(=O)Nc3ccccc3)cc2)cc1OC. The molecule has 4 amide bonds. The van der Waals surface area contributed by atoms with Crippen LogP contribution in [0.3, 0.4) is 0 Å². The fourth-order valence-electron chi connectivity index (χ4n) is 4.03. The smallest absolute Gasteiger partial charge is 0.323 e. The van der Waals surface area contributed by atoms with E-state index < -0.39 is 29.9 Å². The van der Waals surface area contributed by atoms with Gasteiger partial charge in [0.25, 0.3) is 0 Å². The summed E-state index contributed by atoms with van der Waals surface area (Å²) in [6, 6.07) is 19.4. The molecule has 0 radical (unpaired) electrons. The van der Waals surface area contributed by atoms with Gasteiger partial charge in [-0.3, -0.25) is 14.4 Å². The van der Waals surface area contributed by atoms with Crippen LogP contribution < -0.4 is 30.3 Å². The van der Waals surface area contributed by atoms with Gasteiger partial charge in [-0.15, -0.1) is 0 Å². The van der Waals surface area contributed by atoms with Crippen LogP contribution in [0.2, 0.25) is 0 Å². The van der Waals surface area contributed by atoms with Crippen molar-refractivity contribution in [3.63, 3.8) is 0 Å². The lowest BCUT2D eigenvalue weighted by Gasteiger charge is -2.23. The lowest BCUT2D eigenvalue weighted by Crippen LogP contribution is -2.37. The van der Waals surface area contributed by atoms with Gasteiger partial charge in [-0.25, -0.2) is 4.79 Å². The molecule has 3 rings (SSSR count). The standard InChI is InChI=1S/C30H34N4O7/c1-19(29(38)33-24(18-28(36)37)20-10-15-25(40-3)26(17-20)41-4)16-27(35)34(2)23-13-11-22(12-14-23)32-30(39)31-21-8-6-5-7-9-21/h5-15,17,19,24H,16,18H2,1-4H3,(H,33,38)(H,36,37)(H2,31,32,39)/t19?,24-/m0/s1. The molecular formula is C30H34N4O7. The number of nitrogens with zero attached hydrogens (tertiary/aromatic N) is 1. The highest BCUT2D eigenvalue weighted by atomic mass is 16.5. The van der Waals surface area contributed by atoms with Crippen molar-refractivity contribution in [1.82, 2.24) is 5.32 Å². The predicted molar refractivity (Wildman–Crippen MR) is 155 cm³/mol. The normalized spacial score (nSPS) is 11.9. The molecule has 0 aliphatic heterocycles. The molecule has 0 aliphatic rings. The zero-order valence-corrected chi connectivity index (χ0v) is 23.3. The van der Waals surface area contributed by atoms with Gasteiger partial charge in [-0.1, -0.05) is 31.2 Å². The molecule has 4 N–H and O–H groups in total. The molecule has 216 valence electrons. The molecule has 3 aromatic carbocycles. The number of carboxylic acid groups (broad SMARTS) is 1. The van der Waals surface area contributed by atoms with Gasteiger partial charge < -0.3 is 35.4 Å². The Morgan fingerprint density at radius 1 is 0.829 bits per heavy atom. The van der Waals surface area contributed by atoms with Crippen LogP contribution in [0, 0.1) is 5.92 Å². The molecule has 0 spiro atoms. The summed E-state index contributed by atoms with van der Waals surface area (Å²) < 4.78 is 10.5. The third-order valence-electron chi connectivity index (χ3n) is 6.35. The molecule has 11 heteroatoms. The third-order valence-corrected chi connectivity index (χ3v) is 6.35. The highest BCUT2D eigenvalue weighted by molar-refractivity contribution is 6.00. The fraction of sp³-hybridized carbons (Fsp3) is 0.267. The number of benzene rings is 3. The maximum Gasteiger partial charge on any atom is 0.323 e. The summed E-state index contributed by atoms with van der Waals surface area (Å²) in [6.07, 6.45) is -0.459. The van der Waals surface area contributed by atoms with Crippen molar-refractivity contribution in [2.75, 3.05) is 36.8 Å². The largest absolute Gasteiger partial charge is 0.493 e. The number of methoxy groups -OCH3 is 2. The monoisotopic (exact) mass is 562 g/mol. The lowest BCUT2D eigenvalue weighted by atomic mass is 10.0. The second kappa shape index (κ2) is 14.4. The minimum atomic E-state index is -1.09. The van der Waals surface area contributed by atoms with Gasteiger partial charge in [0.1, 0.15) is 0 Å². The molecular weight excluding hydrogens is 528 g/mol. The summed E-state index contributed by atoms with van der Waals surface area (Å²) >= 11 is 0. The summed E-state index contributed by atoms with van der Waals surface area (Å²) in [5.41, 5.74) is 2.30. The molecule has 0 saturated carbocycles. The van der Waals surface area contributed by atoms with Gasteiger partial charge in [0.2, 0.25) is 11.8 Å². The van der Waals surface area contributed by atoms with Crippen molar-refractivity contribution in [2.45, 2.75) is 25.8 Å². The van der Waals surface area contributed by atoms with Gasteiger partial charge >= 0.3 is 12.0 Å². The number of anilines is 3. The maximum absolute atomic E-state index is 13.0. The van der Waals surface area contributed by atoms with Gasteiger partial charge in [0.15, 0.2) is 11.5 Å². The average Bonchev–Trinajstić information content (AvgIpc) is 2.96. The predicted octanol–water partition coefficient (Wildman–Crippen LogP) is 4.67. The number of hydrogen-bond donors (Lipinski definition) is 4. The number of carboxylic acids is 1. The molecule has 0 fully saturated rings. The minimum absolute atomic E-state index is 0.104. The van der Waals surface area contributed by atoms with E-state index in [2.05, 4.69) is 16.0 Å². The first-order valence-electron chi connectivity index (χ1n) is 12.8. The zero-order chi connectivity index (χ0) is 29.9. The van der Waals surface area contributed by atoms with Gasteiger partial charge in [0.05, 0.1) is 26.7 Å². The lowest BCUT2D eigenvalue weighted by molar-refractivity contribution is -0.138. The number of amides is 4. The van der Waals surface area contributed by atoms with Gasteiger partial charge in [-0.05, 0) is 54.1 Å². The molecule has 0 saturated heterocycles. The molecule has 0 aromatic heterocycles. The van der Waals surface area contributed by atoms with Crippen molar-refractivity contribution in [2.24, 2.45) is 5.92 Å². The quantitative estimate of drug-likeness (QED) is 0.251. The van der Waals surface area contributed by atoms with E-state index in [9.17, 15) is 24.3 Å². The van der Waals surface area contributed by atoms with E-state index in [1.54, 1.807) is 68.6 Å².